The molecule has 2 aromatic rings. The molecule has 8 nitrogen and oxygen atoms in total. The Morgan fingerprint density at radius 3 is 2.26 bits per heavy atom. The van der Waals surface area contributed by atoms with Gasteiger partial charge in [-0.15, -0.1) is 0 Å². The number of hydrogen-bond donors (Lipinski definition) is 1. The summed E-state index contributed by atoms with van der Waals surface area (Å²) in [6.07, 6.45) is 3.60. The van der Waals surface area contributed by atoms with Crippen LogP contribution in [0.25, 0.3) is 0 Å². The van der Waals surface area contributed by atoms with E-state index in [0.717, 1.165) is 44.8 Å². The number of benzene rings is 1. The first kappa shape index (κ1) is 21.7. The maximum Gasteiger partial charge on any atom is 0.243 e. The van der Waals surface area contributed by atoms with Crippen LogP contribution in [-0.2, 0) is 14.8 Å². The number of pyridine rings is 1. The van der Waals surface area contributed by atoms with Crippen molar-refractivity contribution in [2.45, 2.75) is 30.7 Å². The Kier molecular flexibility index (Phi) is 6.54. The highest BCUT2D eigenvalue weighted by Crippen LogP contribution is 2.22. The summed E-state index contributed by atoms with van der Waals surface area (Å²) in [5, 5.41) is 2.92. The molecule has 0 spiro atoms. The fraction of sp³-hybridized carbons (Fsp3) is 0.455. The third-order valence-electron chi connectivity index (χ3n) is 6.04. The van der Waals surface area contributed by atoms with Gasteiger partial charge in [0.1, 0.15) is 5.82 Å². The average Bonchev–Trinajstić information content (AvgIpc) is 3.36. The summed E-state index contributed by atoms with van der Waals surface area (Å²) in [7, 11) is -3.44. The molecule has 2 aliphatic rings. The molecule has 2 saturated heterocycles. The van der Waals surface area contributed by atoms with Crippen molar-refractivity contribution >= 4 is 27.4 Å². The zero-order valence-electron chi connectivity index (χ0n) is 17.8. The molecule has 0 bridgehead atoms. The molecule has 1 atom stereocenters. The number of aromatic nitrogens is 1. The lowest BCUT2D eigenvalue weighted by Crippen LogP contribution is -2.53. The number of carbonyl (C=O) groups excluding carboxylic acids is 1. The SMILES string of the molecule is CC(C(=O)Nc1ccc(S(=O)(=O)N2CCCC2)cc1)N1CCN(c2ccccn2)CC1. The predicted molar refractivity (Wildman–Crippen MR) is 121 cm³/mol. The molecular weight excluding hydrogens is 414 g/mol. The highest BCUT2D eigenvalue weighted by Gasteiger charge is 2.28. The van der Waals surface area contributed by atoms with Crippen molar-refractivity contribution in [3.8, 4) is 0 Å². The lowest BCUT2D eigenvalue weighted by atomic mass is 10.2. The van der Waals surface area contributed by atoms with Gasteiger partial charge < -0.3 is 10.2 Å². The van der Waals surface area contributed by atoms with Crippen molar-refractivity contribution in [1.29, 1.82) is 0 Å². The van der Waals surface area contributed by atoms with Crippen molar-refractivity contribution in [1.82, 2.24) is 14.2 Å². The highest BCUT2D eigenvalue weighted by atomic mass is 32.2. The average molecular weight is 444 g/mol. The van der Waals surface area contributed by atoms with Crippen molar-refractivity contribution in [3.63, 3.8) is 0 Å². The Labute approximate surface area is 183 Å². The number of carbonyl (C=O) groups is 1. The minimum absolute atomic E-state index is 0.0959. The second-order valence-corrected chi connectivity index (χ2v) is 9.95. The summed E-state index contributed by atoms with van der Waals surface area (Å²) in [4.78, 5) is 21.8. The van der Waals surface area contributed by atoms with Gasteiger partial charge in [0.25, 0.3) is 0 Å². The molecule has 0 aliphatic carbocycles. The van der Waals surface area contributed by atoms with Gasteiger partial charge in [0.15, 0.2) is 0 Å². The van der Waals surface area contributed by atoms with E-state index >= 15 is 0 Å². The molecule has 1 amide bonds. The molecule has 1 unspecified atom stereocenters. The van der Waals surface area contributed by atoms with E-state index in [1.165, 1.54) is 4.31 Å². The van der Waals surface area contributed by atoms with Crippen molar-refractivity contribution in [2.24, 2.45) is 0 Å². The molecule has 0 radical (unpaired) electrons. The standard InChI is InChI=1S/C22H29N5O3S/c1-18(25-14-16-26(17-15-25)21-6-2-3-11-23-21)22(28)24-19-7-9-20(10-8-19)31(29,30)27-12-4-5-13-27/h2-3,6-11,18H,4-5,12-17H2,1H3,(H,24,28). The van der Waals surface area contributed by atoms with E-state index in [2.05, 4.69) is 20.1 Å². The molecule has 166 valence electrons. The van der Waals surface area contributed by atoms with Crippen LogP contribution in [0.4, 0.5) is 11.5 Å². The van der Waals surface area contributed by atoms with E-state index in [-0.39, 0.29) is 16.8 Å². The minimum atomic E-state index is -3.44. The van der Waals surface area contributed by atoms with Crippen LogP contribution in [0.1, 0.15) is 19.8 Å². The van der Waals surface area contributed by atoms with Crippen molar-refractivity contribution < 1.29 is 13.2 Å². The quantitative estimate of drug-likeness (QED) is 0.735. The summed E-state index contributed by atoms with van der Waals surface area (Å²) in [6.45, 7) is 6.24. The van der Waals surface area contributed by atoms with Crippen LogP contribution >= 0.6 is 0 Å². The number of piperazine rings is 1. The van der Waals surface area contributed by atoms with Gasteiger partial charge in [0.2, 0.25) is 15.9 Å². The zero-order chi connectivity index (χ0) is 21.8. The lowest BCUT2D eigenvalue weighted by molar-refractivity contribution is -0.120. The van der Waals surface area contributed by atoms with Crippen LogP contribution in [-0.4, -0.2) is 73.8 Å². The lowest BCUT2D eigenvalue weighted by Gasteiger charge is -2.37. The van der Waals surface area contributed by atoms with E-state index < -0.39 is 10.0 Å². The van der Waals surface area contributed by atoms with Gasteiger partial charge in [0.05, 0.1) is 10.9 Å². The predicted octanol–water partition coefficient (Wildman–Crippen LogP) is 2.02. The van der Waals surface area contributed by atoms with Crippen LogP contribution < -0.4 is 10.2 Å². The molecule has 0 saturated carbocycles. The number of nitrogens with one attached hydrogen (secondary N) is 1. The smallest absolute Gasteiger partial charge is 0.243 e. The Morgan fingerprint density at radius 2 is 1.65 bits per heavy atom. The van der Waals surface area contributed by atoms with E-state index in [0.29, 0.717) is 18.8 Å². The maximum absolute atomic E-state index is 12.7. The van der Waals surface area contributed by atoms with Crippen LogP contribution in [0.5, 0.6) is 0 Å². The van der Waals surface area contributed by atoms with Crippen molar-refractivity contribution in [2.75, 3.05) is 49.5 Å². The molecule has 1 aromatic carbocycles. The number of nitrogens with zero attached hydrogens (tertiary/aromatic N) is 4. The van der Waals surface area contributed by atoms with Crippen molar-refractivity contribution in [3.05, 3.63) is 48.7 Å². The van der Waals surface area contributed by atoms with Gasteiger partial charge in [-0.05, 0) is 56.2 Å². The van der Waals surface area contributed by atoms with Crippen LogP contribution in [0.2, 0.25) is 0 Å². The molecule has 1 aromatic heterocycles. The number of sulfonamides is 1. The first-order chi connectivity index (χ1) is 14.9. The van der Waals surface area contributed by atoms with E-state index in [4.69, 9.17) is 0 Å². The molecule has 4 rings (SSSR count). The second kappa shape index (κ2) is 9.33. The van der Waals surface area contributed by atoms with Gasteiger partial charge in [-0.2, -0.15) is 4.31 Å². The first-order valence-corrected chi connectivity index (χ1v) is 12.2. The largest absolute Gasteiger partial charge is 0.354 e. The van der Waals surface area contributed by atoms with Gasteiger partial charge >= 0.3 is 0 Å². The van der Waals surface area contributed by atoms with Gasteiger partial charge in [-0.1, -0.05) is 6.07 Å². The fourth-order valence-corrected chi connectivity index (χ4v) is 5.60. The van der Waals surface area contributed by atoms with Gasteiger partial charge in [0, 0.05) is 51.2 Å². The normalized spacial score (nSPS) is 19.3. The molecule has 31 heavy (non-hydrogen) atoms. The topological polar surface area (TPSA) is 85.8 Å². The van der Waals surface area contributed by atoms with Crippen LogP contribution in [0.15, 0.2) is 53.6 Å². The maximum atomic E-state index is 12.7. The zero-order valence-corrected chi connectivity index (χ0v) is 18.6. The Bertz CT molecular complexity index is 984. The number of rotatable bonds is 6. The summed E-state index contributed by atoms with van der Waals surface area (Å²) in [5.74, 6) is 0.865. The number of amides is 1. The van der Waals surface area contributed by atoms with Crippen LogP contribution in [0.3, 0.4) is 0 Å². The van der Waals surface area contributed by atoms with Gasteiger partial charge in [-0.25, -0.2) is 13.4 Å². The summed E-state index contributed by atoms with van der Waals surface area (Å²) in [6, 6.07) is 12.1. The van der Waals surface area contributed by atoms with E-state index in [1.807, 2.05) is 25.1 Å². The Balaban J connectivity index is 1.32. The molecule has 2 fully saturated rings. The number of anilines is 2. The molecule has 3 heterocycles. The summed E-state index contributed by atoms with van der Waals surface area (Å²) in [5.41, 5.74) is 0.601. The summed E-state index contributed by atoms with van der Waals surface area (Å²) < 4.78 is 26.8. The Hall–Kier alpha value is -2.49. The monoisotopic (exact) mass is 443 g/mol. The van der Waals surface area contributed by atoms with Crippen LogP contribution in [0, 0.1) is 0 Å². The Morgan fingerprint density at radius 1 is 0.968 bits per heavy atom. The van der Waals surface area contributed by atoms with E-state index in [1.54, 1.807) is 30.5 Å². The second-order valence-electron chi connectivity index (χ2n) is 8.01. The first-order valence-electron chi connectivity index (χ1n) is 10.8. The minimum Gasteiger partial charge on any atom is -0.354 e. The molecule has 1 N–H and O–H groups in total. The third kappa shape index (κ3) is 4.89. The number of hydrogen-bond acceptors (Lipinski definition) is 6. The fourth-order valence-electron chi connectivity index (χ4n) is 4.08. The molecule has 9 heteroatoms. The molecular formula is C22H29N5O3S. The summed E-state index contributed by atoms with van der Waals surface area (Å²) >= 11 is 0. The molecule has 2 aliphatic heterocycles. The highest BCUT2D eigenvalue weighted by molar-refractivity contribution is 7.89. The third-order valence-corrected chi connectivity index (χ3v) is 7.95. The van der Waals surface area contributed by atoms with Gasteiger partial charge in [-0.3, -0.25) is 9.69 Å². The van der Waals surface area contributed by atoms with E-state index in [9.17, 15) is 13.2 Å².